The molecule has 2 amide bonds. The van der Waals surface area contributed by atoms with Crippen molar-refractivity contribution in [1.82, 2.24) is 10.2 Å². The molecule has 1 aliphatic heterocycles. The van der Waals surface area contributed by atoms with E-state index in [-0.39, 0.29) is 18.4 Å². The molecule has 0 bridgehead atoms. The fourth-order valence-corrected chi connectivity index (χ4v) is 3.11. The number of hydrogen-bond acceptors (Lipinski definition) is 4. The highest BCUT2D eigenvalue weighted by Crippen LogP contribution is 2.19. The van der Waals surface area contributed by atoms with E-state index in [2.05, 4.69) is 10.6 Å². The monoisotopic (exact) mass is 347 g/mol. The van der Waals surface area contributed by atoms with Crippen LogP contribution in [0.4, 0.5) is 5.69 Å². The van der Waals surface area contributed by atoms with Crippen molar-refractivity contribution < 1.29 is 14.3 Å². The highest BCUT2D eigenvalue weighted by Gasteiger charge is 2.19. The van der Waals surface area contributed by atoms with Gasteiger partial charge in [0.1, 0.15) is 5.75 Å². The zero-order chi connectivity index (χ0) is 18.1. The SMILES string of the molecule is CCN(CC(=O)Nc1cccc(OC)c1)C(=O)CCC1CCNCC1. The van der Waals surface area contributed by atoms with E-state index in [9.17, 15) is 9.59 Å². The Bertz CT molecular complexity index is 571. The number of nitrogens with one attached hydrogen (secondary N) is 2. The van der Waals surface area contributed by atoms with Crippen LogP contribution in [0.15, 0.2) is 24.3 Å². The lowest BCUT2D eigenvalue weighted by Crippen LogP contribution is -2.38. The smallest absolute Gasteiger partial charge is 0.243 e. The Balaban J connectivity index is 1.80. The molecule has 2 rings (SSSR count). The molecule has 6 nitrogen and oxygen atoms in total. The summed E-state index contributed by atoms with van der Waals surface area (Å²) < 4.78 is 5.15. The molecule has 6 heteroatoms. The summed E-state index contributed by atoms with van der Waals surface area (Å²) >= 11 is 0. The van der Waals surface area contributed by atoms with E-state index >= 15 is 0 Å². The summed E-state index contributed by atoms with van der Waals surface area (Å²) in [4.78, 5) is 26.3. The fourth-order valence-electron chi connectivity index (χ4n) is 3.11. The molecule has 0 atom stereocenters. The van der Waals surface area contributed by atoms with Gasteiger partial charge in [0, 0.05) is 24.7 Å². The first-order valence-corrected chi connectivity index (χ1v) is 9.04. The van der Waals surface area contributed by atoms with Gasteiger partial charge in [0.2, 0.25) is 11.8 Å². The Morgan fingerprint density at radius 2 is 2.08 bits per heavy atom. The van der Waals surface area contributed by atoms with Gasteiger partial charge in [-0.25, -0.2) is 0 Å². The van der Waals surface area contributed by atoms with Gasteiger partial charge in [-0.15, -0.1) is 0 Å². The molecule has 0 radical (unpaired) electrons. The van der Waals surface area contributed by atoms with Crippen molar-refractivity contribution in [3.05, 3.63) is 24.3 Å². The van der Waals surface area contributed by atoms with Gasteiger partial charge in [-0.05, 0) is 57.3 Å². The molecule has 0 saturated carbocycles. The number of amides is 2. The van der Waals surface area contributed by atoms with Gasteiger partial charge in [-0.1, -0.05) is 6.07 Å². The van der Waals surface area contributed by atoms with Crippen molar-refractivity contribution in [1.29, 1.82) is 0 Å². The maximum absolute atomic E-state index is 12.4. The van der Waals surface area contributed by atoms with Gasteiger partial charge in [0.25, 0.3) is 0 Å². The third-order valence-electron chi connectivity index (χ3n) is 4.65. The predicted molar refractivity (Wildman–Crippen MR) is 98.7 cm³/mol. The van der Waals surface area contributed by atoms with E-state index in [1.165, 1.54) is 0 Å². The van der Waals surface area contributed by atoms with Crippen LogP contribution in [0.3, 0.4) is 0 Å². The van der Waals surface area contributed by atoms with Crippen molar-refractivity contribution in [3.8, 4) is 5.75 Å². The number of anilines is 1. The highest BCUT2D eigenvalue weighted by atomic mass is 16.5. The third kappa shape index (κ3) is 6.38. The number of likely N-dealkylation sites (N-methyl/N-ethyl adjacent to an activating group) is 1. The van der Waals surface area contributed by atoms with Gasteiger partial charge in [-0.3, -0.25) is 9.59 Å². The Hall–Kier alpha value is -2.08. The van der Waals surface area contributed by atoms with Crippen LogP contribution in [0.5, 0.6) is 5.75 Å². The number of hydrogen-bond donors (Lipinski definition) is 2. The summed E-state index contributed by atoms with van der Waals surface area (Å²) in [5, 5.41) is 6.16. The first-order valence-electron chi connectivity index (χ1n) is 9.04. The second-order valence-electron chi connectivity index (χ2n) is 6.42. The van der Waals surface area contributed by atoms with Crippen LogP contribution in [-0.4, -0.2) is 50.0 Å². The van der Waals surface area contributed by atoms with Gasteiger partial charge in [0.05, 0.1) is 13.7 Å². The van der Waals surface area contributed by atoms with Crippen LogP contribution in [-0.2, 0) is 9.59 Å². The predicted octanol–water partition coefficient (Wildman–Crippen LogP) is 2.26. The second kappa shape index (κ2) is 10.0. The van der Waals surface area contributed by atoms with Crippen molar-refractivity contribution >= 4 is 17.5 Å². The topological polar surface area (TPSA) is 70.7 Å². The molecular formula is C19H29N3O3. The number of benzene rings is 1. The van der Waals surface area contributed by atoms with Crippen molar-refractivity contribution in [3.63, 3.8) is 0 Å². The van der Waals surface area contributed by atoms with E-state index in [0.717, 1.165) is 32.4 Å². The minimum atomic E-state index is -0.190. The van der Waals surface area contributed by atoms with Gasteiger partial charge < -0.3 is 20.3 Å². The summed E-state index contributed by atoms with van der Waals surface area (Å²) in [6, 6.07) is 7.19. The molecule has 0 unspecified atom stereocenters. The molecule has 0 aliphatic carbocycles. The molecule has 0 aromatic heterocycles. The summed E-state index contributed by atoms with van der Waals surface area (Å²) in [5.74, 6) is 1.17. The summed E-state index contributed by atoms with van der Waals surface area (Å²) in [7, 11) is 1.58. The number of nitrogens with zero attached hydrogens (tertiary/aromatic N) is 1. The maximum Gasteiger partial charge on any atom is 0.243 e. The second-order valence-corrected chi connectivity index (χ2v) is 6.42. The first kappa shape index (κ1) is 19.2. The van der Waals surface area contributed by atoms with E-state index in [0.29, 0.717) is 30.3 Å². The minimum absolute atomic E-state index is 0.0572. The van der Waals surface area contributed by atoms with Gasteiger partial charge in [-0.2, -0.15) is 0 Å². The lowest BCUT2D eigenvalue weighted by Gasteiger charge is -2.24. The molecule has 25 heavy (non-hydrogen) atoms. The van der Waals surface area contributed by atoms with E-state index in [1.54, 1.807) is 24.1 Å². The molecule has 2 N–H and O–H groups in total. The number of piperidine rings is 1. The van der Waals surface area contributed by atoms with E-state index in [4.69, 9.17) is 4.74 Å². The summed E-state index contributed by atoms with van der Waals surface area (Å²) in [5.41, 5.74) is 0.669. The normalized spacial score (nSPS) is 14.8. The number of carbonyl (C=O) groups is 2. The molecule has 138 valence electrons. The van der Waals surface area contributed by atoms with Crippen LogP contribution >= 0.6 is 0 Å². The van der Waals surface area contributed by atoms with Crippen molar-refractivity contribution in [2.75, 3.05) is 38.6 Å². The summed E-state index contributed by atoms with van der Waals surface area (Å²) in [6.07, 6.45) is 3.70. The Morgan fingerprint density at radius 1 is 1.32 bits per heavy atom. The Kier molecular flexibility index (Phi) is 7.73. The molecule has 1 fully saturated rings. The average molecular weight is 347 g/mol. The zero-order valence-corrected chi connectivity index (χ0v) is 15.2. The fraction of sp³-hybridized carbons (Fsp3) is 0.579. The molecule has 0 spiro atoms. The molecule has 1 saturated heterocycles. The Labute approximate surface area is 149 Å². The lowest BCUT2D eigenvalue weighted by molar-refractivity contribution is -0.134. The number of methoxy groups -OCH3 is 1. The summed E-state index contributed by atoms with van der Waals surface area (Å²) in [6.45, 7) is 4.61. The Morgan fingerprint density at radius 3 is 2.76 bits per heavy atom. The third-order valence-corrected chi connectivity index (χ3v) is 4.65. The van der Waals surface area contributed by atoms with E-state index < -0.39 is 0 Å². The van der Waals surface area contributed by atoms with Crippen LogP contribution in [0.1, 0.15) is 32.6 Å². The largest absolute Gasteiger partial charge is 0.497 e. The van der Waals surface area contributed by atoms with Crippen LogP contribution in [0.25, 0.3) is 0 Å². The molecular weight excluding hydrogens is 318 g/mol. The number of rotatable bonds is 8. The molecule has 1 heterocycles. The van der Waals surface area contributed by atoms with Gasteiger partial charge >= 0.3 is 0 Å². The zero-order valence-electron chi connectivity index (χ0n) is 15.2. The molecule has 1 aromatic rings. The number of ether oxygens (including phenoxy) is 1. The first-order chi connectivity index (χ1) is 12.1. The standard InChI is InChI=1S/C19H29N3O3/c1-3-22(19(24)8-7-15-9-11-20-12-10-15)14-18(23)21-16-5-4-6-17(13-16)25-2/h4-6,13,15,20H,3,7-12,14H2,1-2H3,(H,21,23). The van der Waals surface area contributed by atoms with Crippen LogP contribution in [0, 0.1) is 5.92 Å². The molecule has 1 aliphatic rings. The van der Waals surface area contributed by atoms with Crippen molar-refractivity contribution in [2.45, 2.75) is 32.6 Å². The van der Waals surface area contributed by atoms with E-state index in [1.807, 2.05) is 19.1 Å². The van der Waals surface area contributed by atoms with Crippen LogP contribution < -0.4 is 15.4 Å². The number of carbonyl (C=O) groups excluding carboxylic acids is 2. The van der Waals surface area contributed by atoms with Crippen LogP contribution in [0.2, 0.25) is 0 Å². The lowest BCUT2D eigenvalue weighted by atomic mass is 9.93. The van der Waals surface area contributed by atoms with Crippen molar-refractivity contribution in [2.24, 2.45) is 5.92 Å². The average Bonchev–Trinajstić information content (AvgIpc) is 2.65. The highest BCUT2D eigenvalue weighted by molar-refractivity contribution is 5.94. The molecule has 1 aromatic carbocycles. The maximum atomic E-state index is 12.4. The minimum Gasteiger partial charge on any atom is -0.497 e. The quantitative estimate of drug-likeness (QED) is 0.757. The van der Waals surface area contributed by atoms with Gasteiger partial charge in [0.15, 0.2) is 0 Å².